The van der Waals surface area contributed by atoms with Gasteiger partial charge in [-0.1, -0.05) is 0 Å². The van der Waals surface area contributed by atoms with Crippen LogP contribution in [-0.2, 0) is 13.7 Å². The van der Waals surface area contributed by atoms with E-state index >= 15 is 0 Å². The van der Waals surface area contributed by atoms with Gasteiger partial charge in [-0.3, -0.25) is 0 Å². The first kappa shape index (κ1) is 29.9. The molecule has 140 valence electrons. The van der Waals surface area contributed by atoms with E-state index in [4.69, 9.17) is 57.7 Å². The molecule has 0 aromatic carbocycles. The summed E-state index contributed by atoms with van der Waals surface area (Å²) in [7, 11) is -13.9. The standard InChI is InChI=1S/C2HF5.3H3O4P/c3-1(4)2(5,6)7;3*1-5(2,3)4/h1H;3*(H3,1,2,3,4). The molecule has 0 unspecified atom stereocenters. The van der Waals surface area contributed by atoms with Crippen molar-refractivity contribution in [1.82, 2.24) is 0 Å². The number of halogens is 5. The van der Waals surface area contributed by atoms with Gasteiger partial charge in [0.05, 0.1) is 0 Å². The van der Waals surface area contributed by atoms with E-state index in [0.717, 1.165) is 0 Å². The third-order valence-corrected chi connectivity index (χ3v) is 0.247. The van der Waals surface area contributed by atoms with Crippen molar-refractivity contribution in [3.8, 4) is 0 Å². The van der Waals surface area contributed by atoms with E-state index in [-0.39, 0.29) is 0 Å². The Balaban J connectivity index is -0.0000000995. The van der Waals surface area contributed by atoms with Crippen LogP contribution >= 0.6 is 23.5 Å². The molecule has 20 heteroatoms. The molecule has 0 fully saturated rings. The smallest absolute Gasteiger partial charge is 0.303 e. The van der Waals surface area contributed by atoms with Crippen molar-refractivity contribution in [2.45, 2.75) is 12.6 Å². The summed E-state index contributed by atoms with van der Waals surface area (Å²) in [4.78, 5) is 64.7. The highest BCUT2D eigenvalue weighted by Crippen LogP contribution is 2.26. The van der Waals surface area contributed by atoms with Crippen molar-refractivity contribution >= 4 is 23.5 Å². The van der Waals surface area contributed by atoms with Gasteiger partial charge in [-0.2, -0.15) is 13.2 Å². The third-order valence-electron chi connectivity index (χ3n) is 0.247. The molecular weight excluding hydrogens is 404 g/mol. The Labute approximate surface area is 117 Å². The average molecular weight is 414 g/mol. The molecule has 0 saturated carbocycles. The van der Waals surface area contributed by atoms with Crippen LogP contribution in [0.3, 0.4) is 0 Å². The molecule has 0 aromatic heterocycles. The fourth-order valence-electron chi connectivity index (χ4n) is 0. The minimum Gasteiger partial charge on any atom is -0.303 e. The maximum atomic E-state index is 10.4. The zero-order chi connectivity index (χ0) is 19.6. The number of hydrogen-bond donors (Lipinski definition) is 9. The summed E-state index contributed by atoms with van der Waals surface area (Å²) in [6, 6.07) is 0. The fraction of sp³-hybridized carbons (Fsp3) is 1.00. The van der Waals surface area contributed by atoms with Crippen molar-refractivity contribution in [2.24, 2.45) is 0 Å². The highest BCUT2D eigenvalue weighted by Gasteiger charge is 2.40. The molecule has 0 bridgehead atoms. The second-order valence-corrected chi connectivity index (χ2v) is 5.46. The molecule has 0 spiro atoms. The highest BCUT2D eigenvalue weighted by atomic mass is 31.2. The number of alkyl halides is 5. The quantitative estimate of drug-likeness (QED) is 0.172. The van der Waals surface area contributed by atoms with Gasteiger partial charge in [0.2, 0.25) is 0 Å². The highest BCUT2D eigenvalue weighted by molar-refractivity contribution is 7.45. The molecule has 0 radical (unpaired) electrons. The van der Waals surface area contributed by atoms with Crippen LogP contribution in [0.4, 0.5) is 22.0 Å². The van der Waals surface area contributed by atoms with Gasteiger partial charge < -0.3 is 44.0 Å². The lowest BCUT2D eigenvalue weighted by atomic mass is 10.7. The van der Waals surface area contributed by atoms with Crippen LogP contribution in [0.2, 0.25) is 0 Å². The molecule has 0 heterocycles. The molecule has 0 aliphatic carbocycles. The monoisotopic (exact) mass is 414 g/mol. The maximum absolute atomic E-state index is 10.4. The molecule has 0 aliphatic heterocycles. The Morgan fingerprint density at radius 1 is 0.591 bits per heavy atom. The second-order valence-electron chi connectivity index (χ2n) is 2.38. The van der Waals surface area contributed by atoms with E-state index in [1.54, 1.807) is 0 Å². The lowest BCUT2D eigenvalue weighted by Gasteiger charge is -2.00. The molecule has 22 heavy (non-hydrogen) atoms. The fourth-order valence-corrected chi connectivity index (χ4v) is 0. The zero-order valence-corrected chi connectivity index (χ0v) is 12.2. The normalized spacial score (nSPS) is 12.1. The van der Waals surface area contributed by atoms with Crippen LogP contribution in [0.1, 0.15) is 0 Å². The summed E-state index contributed by atoms with van der Waals surface area (Å²) in [5.41, 5.74) is 0. The van der Waals surface area contributed by atoms with Gasteiger partial charge in [-0.15, -0.1) is 0 Å². The molecule has 12 nitrogen and oxygen atoms in total. The van der Waals surface area contributed by atoms with E-state index in [2.05, 4.69) is 0 Å². The Morgan fingerprint density at radius 2 is 0.636 bits per heavy atom. The minimum atomic E-state index is -5.33. The van der Waals surface area contributed by atoms with Gasteiger partial charge in [0.25, 0.3) is 0 Å². The molecule has 0 aliphatic rings. The summed E-state index contributed by atoms with van der Waals surface area (Å²) in [5.74, 6) is 0. The molecule has 0 atom stereocenters. The average Bonchev–Trinajstić information content (AvgIpc) is 1.89. The predicted octanol–water partition coefficient (Wildman–Crippen LogP) is -0.972. The first-order valence-corrected chi connectivity index (χ1v) is 8.34. The molecule has 9 N–H and O–H groups in total. The largest absolute Gasteiger partial charge is 0.466 e. The lowest BCUT2D eigenvalue weighted by molar-refractivity contribution is -0.219. The summed E-state index contributed by atoms with van der Waals surface area (Å²) in [6.45, 7) is 0. The predicted molar refractivity (Wildman–Crippen MR) is 54.8 cm³/mol. The van der Waals surface area contributed by atoms with Gasteiger partial charge in [-0.25, -0.2) is 22.5 Å². The van der Waals surface area contributed by atoms with Gasteiger partial charge in [0.15, 0.2) is 0 Å². The van der Waals surface area contributed by atoms with Gasteiger partial charge >= 0.3 is 36.1 Å². The Bertz CT molecular complexity index is 329. The van der Waals surface area contributed by atoms with E-state index in [1.807, 2.05) is 0 Å². The Hall–Kier alpha value is -0.0200. The summed E-state index contributed by atoms with van der Waals surface area (Å²) >= 11 is 0. The summed E-state index contributed by atoms with van der Waals surface area (Å²) in [5, 5.41) is 0. The zero-order valence-electron chi connectivity index (χ0n) is 9.56. The Kier molecular flexibility index (Phi) is 15.7. The molecule has 0 saturated heterocycles. The molecule has 0 rings (SSSR count). The van der Waals surface area contributed by atoms with Gasteiger partial charge in [0, 0.05) is 0 Å². The van der Waals surface area contributed by atoms with E-state index < -0.39 is 36.1 Å². The van der Waals surface area contributed by atoms with Crippen molar-refractivity contribution in [1.29, 1.82) is 0 Å². The molecule has 0 aromatic rings. The van der Waals surface area contributed by atoms with Crippen LogP contribution in [0, 0.1) is 0 Å². The summed E-state index contributed by atoms with van der Waals surface area (Å²) in [6.07, 6.45) is -9.53. The maximum Gasteiger partial charge on any atom is 0.466 e. The number of hydrogen-bond acceptors (Lipinski definition) is 3. The van der Waals surface area contributed by atoms with Crippen molar-refractivity contribution in [2.75, 3.05) is 0 Å². The minimum absolute atomic E-state index is 4.20. The van der Waals surface area contributed by atoms with E-state index in [1.165, 1.54) is 0 Å². The van der Waals surface area contributed by atoms with E-state index in [9.17, 15) is 22.0 Å². The molecular formula is C2H10F5O12P3. The van der Waals surface area contributed by atoms with E-state index in [0.29, 0.717) is 0 Å². The van der Waals surface area contributed by atoms with Crippen LogP contribution in [0.5, 0.6) is 0 Å². The van der Waals surface area contributed by atoms with Crippen molar-refractivity contribution in [3.63, 3.8) is 0 Å². The van der Waals surface area contributed by atoms with Crippen molar-refractivity contribution in [3.05, 3.63) is 0 Å². The lowest BCUT2D eigenvalue weighted by Crippen LogP contribution is -2.18. The first-order valence-electron chi connectivity index (χ1n) is 3.64. The van der Waals surface area contributed by atoms with Crippen LogP contribution < -0.4 is 0 Å². The SMILES string of the molecule is FC(F)C(F)(F)F.O=P(O)(O)O.O=P(O)(O)O.O=P(O)(O)O. The molecule has 0 amide bonds. The van der Waals surface area contributed by atoms with Crippen molar-refractivity contribution < 1.29 is 79.7 Å². The Morgan fingerprint density at radius 3 is 0.636 bits per heavy atom. The van der Waals surface area contributed by atoms with Gasteiger partial charge in [-0.05, 0) is 0 Å². The second kappa shape index (κ2) is 11.5. The number of phosphoric acid groups is 3. The van der Waals surface area contributed by atoms with Crippen LogP contribution in [0.25, 0.3) is 0 Å². The van der Waals surface area contributed by atoms with Crippen LogP contribution in [0.15, 0.2) is 0 Å². The topological polar surface area (TPSA) is 233 Å². The number of rotatable bonds is 0. The summed E-state index contributed by atoms with van der Waals surface area (Å²) < 4.78 is 78.8. The van der Waals surface area contributed by atoms with Gasteiger partial charge in [0.1, 0.15) is 0 Å². The van der Waals surface area contributed by atoms with Crippen LogP contribution in [-0.4, -0.2) is 56.6 Å². The third kappa shape index (κ3) is 201. The first-order chi connectivity index (χ1) is 8.94.